The average Bonchev–Trinajstić information content (AvgIpc) is 2.97. The summed E-state index contributed by atoms with van der Waals surface area (Å²) in [6, 6.07) is 7.35. The molecular weight excluding hydrogens is 371 g/mol. The van der Waals surface area contributed by atoms with Crippen LogP contribution in [0.1, 0.15) is 48.7 Å². The van der Waals surface area contributed by atoms with Crippen molar-refractivity contribution >= 4 is 11.4 Å². The Morgan fingerprint density at radius 3 is 2.54 bits per heavy atom. The van der Waals surface area contributed by atoms with E-state index in [9.17, 15) is 13.9 Å². The smallest absolute Gasteiger partial charge is 0.750 e. The zero-order chi connectivity index (χ0) is 18.2. The second kappa shape index (κ2) is 12.0. The van der Waals surface area contributed by atoms with Gasteiger partial charge in [0, 0.05) is 13.0 Å². The molecule has 0 saturated carbocycles. The van der Waals surface area contributed by atoms with Gasteiger partial charge in [0.25, 0.3) is 0 Å². The van der Waals surface area contributed by atoms with Gasteiger partial charge in [0.15, 0.2) is 0 Å². The van der Waals surface area contributed by atoms with Gasteiger partial charge in [-0.2, -0.15) is 0 Å². The second-order valence-corrected chi connectivity index (χ2v) is 6.13. The summed E-state index contributed by atoms with van der Waals surface area (Å²) in [6.07, 6.45) is 2.44. The minimum Gasteiger partial charge on any atom is -0.750 e. The summed E-state index contributed by atoms with van der Waals surface area (Å²) in [5.74, 6) is 0.749. The monoisotopic (exact) mass is 392 g/mol. The van der Waals surface area contributed by atoms with E-state index in [0.717, 1.165) is 29.8 Å². The van der Waals surface area contributed by atoms with Crippen LogP contribution in [0.2, 0.25) is 0 Å². The van der Waals surface area contributed by atoms with Crippen molar-refractivity contribution in [3.63, 3.8) is 0 Å². The Morgan fingerprint density at radius 1 is 1.31 bits per heavy atom. The molecule has 2 N–H and O–H groups in total. The minimum absolute atomic E-state index is 0. The number of aliphatic hydroxyl groups is 1. The number of aromatic nitrogens is 2. The molecule has 0 radical (unpaired) electrons. The Balaban J connectivity index is 0.00000338. The quantitative estimate of drug-likeness (QED) is 0.176. The van der Waals surface area contributed by atoms with Gasteiger partial charge in [-0.25, -0.2) is 14.1 Å². The molecule has 0 aliphatic rings. The van der Waals surface area contributed by atoms with Crippen molar-refractivity contribution < 1.29 is 57.8 Å². The molecule has 26 heavy (non-hydrogen) atoms. The molecule has 0 spiro atoms. The number of aryl methyl sites for hydroxylation is 1. The Morgan fingerprint density at radius 2 is 1.96 bits per heavy atom. The van der Waals surface area contributed by atoms with E-state index < -0.39 is 17.7 Å². The van der Waals surface area contributed by atoms with Gasteiger partial charge in [-0.3, -0.25) is 9.44 Å². The molecule has 1 aromatic heterocycles. The van der Waals surface area contributed by atoms with Gasteiger partial charge in [0.1, 0.15) is 12.4 Å². The number of aliphatic hydroxyl groups excluding tert-OH is 1. The molecule has 0 bridgehead atoms. The number of benzene rings is 1. The fourth-order valence-electron chi connectivity index (χ4n) is 2.46. The molecule has 10 heteroatoms. The van der Waals surface area contributed by atoms with Crippen molar-refractivity contribution in [1.29, 1.82) is 0 Å². The number of unbranched alkanes of at least 4 members (excludes halogenated alkanes) is 1. The third kappa shape index (κ3) is 6.84. The van der Waals surface area contributed by atoms with Crippen LogP contribution in [0, 0.1) is 0 Å². The molecule has 0 aliphatic carbocycles. The van der Waals surface area contributed by atoms with Gasteiger partial charge in [-0.05, 0) is 17.5 Å². The number of nitrogens with zero attached hydrogens (tertiary/aromatic N) is 2. The molecule has 8 nitrogen and oxygen atoms in total. The molecule has 2 aromatic rings. The van der Waals surface area contributed by atoms with E-state index in [1.165, 1.54) is 6.20 Å². The van der Waals surface area contributed by atoms with Crippen molar-refractivity contribution in [3.05, 3.63) is 53.1 Å². The minimum atomic E-state index is -2.83. The van der Waals surface area contributed by atoms with E-state index in [1.807, 2.05) is 24.3 Å². The summed E-state index contributed by atoms with van der Waals surface area (Å²) in [5, 5.41) is 18.5. The molecule has 2 unspecified atom stereocenters. The van der Waals surface area contributed by atoms with Crippen LogP contribution in [0.4, 0.5) is 0 Å². The molecule has 138 valence electrons. The average molecular weight is 392 g/mol. The van der Waals surface area contributed by atoms with E-state index >= 15 is 0 Å². The normalized spacial score (nSPS) is 13.2. The van der Waals surface area contributed by atoms with E-state index in [2.05, 4.69) is 21.0 Å². The van der Waals surface area contributed by atoms with E-state index in [-0.39, 0.29) is 41.9 Å². The zero-order valence-corrected chi connectivity index (χ0v) is 17.6. The number of imidazole rings is 1. The maximum atomic E-state index is 10.7. The number of hydrogen-bond donors (Lipinski definition) is 2. The summed E-state index contributed by atoms with van der Waals surface area (Å²) < 4.78 is 27.6. The fraction of sp³-hybridized carbons (Fsp3) is 0.438. The number of rotatable bonds is 10. The fourth-order valence-corrected chi connectivity index (χ4v) is 2.71. The molecule has 2 atom stereocenters. The van der Waals surface area contributed by atoms with Crippen LogP contribution < -0.4 is 29.6 Å². The van der Waals surface area contributed by atoms with Crippen LogP contribution in [-0.4, -0.2) is 28.7 Å². The number of hydrogen-bond acceptors (Lipinski definition) is 7. The third-order valence-electron chi connectivity index (χ3n) is 3.74. The van der Waals surface area contributed by atoms with Crippen molar-refractivity contribution in [2.24, 2.45) is 0 Å². The largest absolute Gasteiger partial charge is 1.00 e. The van der Waals surface area contributed by atoms with Gasteiger partial charge in [-0.1, -0.05) is 37.6 Å². The molecular formula is C16H21N2NaO6S. The van der Waals surface area contributed by atoms with Crippen LogP contribution in [0.5, 0.6) is 0 Å². The van der Waals surface area contributed by atoms with Crippen LogP contribution in [-0.2, 0) is 40.0 Å². The molecule has 0 aliphatic heterocycles. The first-order valence-electron chi connectivity index (χ1n) is 7.88. The standard InChI is InChI=1S/C16H22N2O6S.Na/c1-2-3-4-15-17-9-14(16(19)24-25(21)22)18(15)10-12-5-7-13(8-6-12)11-23-20;/h5-9,16,19-20H,2-4,10-11H2,1H3,(H,21,22);/q;+1/p-1. The van der Waals surface area contributed by atoms with Crippen LogP contribution in [0.3, 0.4) is 0 Å². The topological polar surface area (TPSA) is 117 Å². The van der Waals surface area contributed by atoms with Crippen molar-refractivity contribution in [2.45, 2.75) is 45.6 Å². The van der Waals surface area contributed by atoms with Gasteiger partial charge < -0.3 is 14.2 Å². The van der Waals surface area contributed by atoms with Gasteiger partial charge in [0.2, 0.25) is 6.29 Å². The predicted octanol–water partition coefficient (Wildman–Crippen LogP) is -0.931. The summed E-state index contributed by atoms with van der Waals surface area (Å²) in [5.41, 5.74) is 2.01. The van der Waals surface area contributed by atoms with Gasteiger partial charge >= 0.3 is 29.6 Å². The molecule has 0 saturated heterocycles. The van der Waals surface area contributed by atoms with E-state index in [4.69, 9.17) is 5.26 Å². The van der Waals surface area contributed by atoms with Crippen molar-refractivity contribution in [1.82, 2.24) is 9.55 Å². The summed E-state index contributed by atoms with van der Waals surface area (Å²) in [6.45, 7) is 2.56. The van der Waals surface area contributed by atoms with Crippen LogP contribution >= 0.6 is 0 Å². The molecule has 0 fully saturated rings. The molecule has 1 heterocycles. The second-order valence-electron chi connectivity index (χ2n) is 5.53. The Kier molecular flexibility index (Phi) is 10.8. The first-order chi connectivity index (χ1) is 12.0. The van der Waals surface area contributed by atoms with E-state index in [0.29, 0.717) is 13.0 Å². The summed E-state index contributed by atoms with van der Waals surface area (Å²) in [4.78, 5) is 8.40. The summed E-state index contributed by atoms with van der Waals surface area (Å²) in [7, 11) is 0. The van der Waals surface area contributed by atoms with Crippen molar-refractivity contribution in [2.75, 3.05) is 0 Å². The van der Waals surface area contributed by atoms with Crippen molar-refractivity contribution in [3.8, 4) is 0 Å². The molecule has 2 rings (SSSR count). The predicted molar refractivity (Wildman–Crippen MR) is 88.8 cm³/mol. The first-order valence-corrected chi connectivity index (χ1v) is 8.88. The Bertz CT molecular complexity index is 695. The van der Waals surface area contributed by atoms with Crippen LogP contribution in [0.15, 0.2) is 30.5 Å². The SMILES string of the molecule is CCCCc1ncc(C(O)OS(=O)[O-])n1Cc1ccc(COO)cc1.[Na+]. The zero-order valence-electron chi connectivity index (χ0n) is 14.8. The van der Waals surface area contributed by atoms with E-state index in [1.54, 1.807) is 4.57 Å². The third-order valence-corrected chi connectivity index (χ3v) is 4.08. The maximum absolute atomic E-state index is 10.7. The van der Waals surface area contributed by atoms with Gasteiger partial charge in [-0.15, -0.1) is 0 Å². The molecule has 1 aromatic carbocycles. The van der Waals surface area contributed by atoms with Gasteiger partial charge in [0.05, 0.1) is 23.3 Å². The van der Waals surface area contributed by atoms with Crippen LogP contribution in [0.25, 0.3) is 0 Å². The Hall–Kier alpha value is -0.620. The Labute approximate surface area is 176 Å². The summed E-state index contributed by atoms with van der Waals surface area (Å²) >= 11 is -2.83. The molecule has 0 amide bonds. The first kappa shape index (κ1) is 23.4. The maximum Gasteiger partial charge on any atom is 1.00 e.